The maximum Gasteiger partial charge on any atom is 0.146 e. The van der Waals surface area contributed by atoms with E-state index in [1.165, 1.54) is 6.07 Å². The van der Waals surface area contributed by atoms with E-state index in [1.807, 2.05) is 31.2 Å². The number of nitrogens with one attached hydrogen (secondary N) is 1. The van der Waals surface area contributed by atoms with E-state index in [2.05, 4.69) is 5.32 Å². The van der Waals surface area contributed by atoms with Gasteiger partial charge in [-0.1, -0.05) is 30.3 Å². The molecule has 0 fully saturated rings. The zero-order valence-corrected chi connectivity index (χ0v) is 10.1. The first-order valence-electron chi connectivity index (χ1n) is 6.00. The Morgan fingerprint density at radius 3 is 2.83 bits per heavy atom. The molecule has 2 aromatic carbocycles. The molecular formula is C15H14FNO. The van der Waals surface area contributed by atoms with Crippen molar-refractivity contribution >= 4 is 5.69 Å². The van der Waals surface area contributed by atoms with Crippen molar-refractivity contribution in [2.24, 2.45) is 0 Å². The lowest BCUT2D eigenvalue weighted by Gasteiger charge is -2.29. The van der Waals surface area contributed by atoms with Gasteiger partial charge in [-0.05, 0) is 24.6 Å². The van der Waals surface area contributed by atoms with Crippen molar-refractivity contribution in [2.45, 2.75) is 13.0 Å². The van der Waals surface area contributed by atoms with Gasteiger partial charge in [-0.25, -0.2) is 4.39 Å². The van der Waals surface area contributed by atoms with Crippen LogP contribution in [-0.4, -0.2) is 6.54 Å². The van der Waals surface area contributed by atoms with Crippen molar-refractivity contribution in [3.05, 3.63) is 59.4 Å². The summed E-state index contributed by atoms with van der Waals surface area (Å²) in [5.41, 5.74) is 2.63. The van der Waals surface area contributed by atoms with E-state index in [1.54, 1.807) is 12.1 Å². The number of ether oxygens (including phenoxy) is 1. The predicted molar refractivity (Wildman–Crippen MR) is 69.4 cm³/mol. The lowest BCUT2D eigenvalue weighted by Crippen LogP contribution is -2.24. The summed E-state index contributed by atoms with van der Waals surface area (Å²) >= 11 is 0. The first-order valence-corrected chi connectivity index (χ1v) is 6.00. The maximum absolute atomic E-state index is 13.7. The van der Waals surface area contributed by atoms with E-state index in [9.17, 15) is 4.39 Å². The summed E-state index contributed by atoms with van der Waals surface area (Å²) < 4.78 is 19.7. The van der Waals surface area contributed by atoms with Gasteiger partial charge in [0.2, 0.25) is 0 Å². The number of halogens is 1. The SMILES string of the molecule is Cc1cccc2c1OC(c1ccccc1F)CN2. The summed E-state index contributed by atoms with van der Waals surface area (Å²) in [4.78, 5) is 0. The number of anilines is 1. The Kier molecular flexibility index (Phi) is 2.67. The third-order valence-corrected chi connectivity index (χ3v) is 3.20. The highest BCUT2D eigenvalue weighted by Crippen LogP contribution is 2.37. The Balaban J connectivity index is 1.96. The largest absolute Gasteiger partial charge is 0.481 e. The van der Waals surface area contributed by atoms with Crippen LogP contribution in [0, 0.1) is 12.7 Å². The first kappa shape index (κ1) is 11.1. The van der Waals surface area contributed by atoms with Crippen LogP contribution in [0.4, 0.5) is 10.1 Å². The lowest BCUT2D eigenvalue weighted by atomic mass is 10.1. The van der Waals surface area contributed by atoms with E-state index < -0.39 is 0 Å². The molecule has 0 aliphatic carbocycles. The Morgan fingerprint density at radius 1 is 1.17 bits per heavy atom. The molecule has 1 aliphatic heterocycles. The van der Waals surface area contributed by atoms with Gasteiger partial charge in [-0.15, -0.1) is 0 Å². The van der Waals surface area contributed by atoms with Crippen LogP contribution in [0.1, 0.15) is 17.2 Å². The van der Waals surface area contributed by atoms with Gasteiger partial charge in [-0.3, -0.25) is 0 Å². The smallest absolute Gasteiger partial charge is 0.146 e. The van der Waals surface area contributed by atoms with Crippen molar-refractivity contribution in [3.8, 4) is 5.75 Å². The molecule has 0 aromatic heterocycles. The van der Waals surface area contributed by atoms with E-state index in [-0.39, 0.29) is 11.9 Å². The normalized spacial score (nSPS) is 17.6. The number of benzene rings is 2. The minimum atomic E-state index is -0.278. The molecular weight excluding hydrogens is 229 g/mol. The number of para-hydroxylation sites is 1. The third-order valence-electron chi connectivity index (χ3n) is 3.20. The number of hydrogen-bond donors (Lipinski definition) is 1. The highest BCUT2D eigenvalue weighted by atomic mass is 19.1. The van der Waals surface area contributed by atoms with Gasteiger partial charge >= 0.3 is 0 Å². The maximum atomic E-state index is 13.7. The van der Waals surface area contributed by atoms with Crippen molar-refractivity contribution in [1.29, 1.82) is 0 Å². The van der Waals surface area contributed by atoms with Gasteiger partial charge in [0.1, 0.15) is 17.7 Å². The average Bonchev–Trinajstić information content (AvgIpc) is 2.40. The molecule has 0 saturated carbocycles. The fraction of sp³-hybridized carbons (Fsp3) is 0.200. The second-order valence-corrected chi connectivity index (χ2v) is 4.46. The van der Waals surface area contributed by atoms with Crippen LogP contribution in [0.5, 0.6) is 5.75 Å². The monoisotopic (exact) mass is 243 g/mol. The third kappa shape index (κ3) is 1.82. The van der Waals surface area contributed by atoms with Gasteiger partial charge in [0.25, 0.3) is 0 Å². The summed E-state index contributed by atoms with van der Waals surface area (Å²) in [6.07, 6.45) is -0.278. The quantitative estimate of drug-likeness (QED) is 0.825. The molecule has 0 amide bonds. The number of aryl methyl sites for hydroxylation is 1. The lowest BCUT2D eigenvalue weighted by molar-refractivity contribution is 0.204. The van der Waals surface area contributed by atoms with Crippen LogP contribution in [0.15, 0.2) is 42.5 Å². The molecule has 0 saturated heterocycles. The summed E-state index contributed by atoms with van der Waals surface area (Å²) in [5.74, 6) is 0.596. The molecule has 2 aromatic rings. The molecule has 92 valence electrons. The Bertz CT molecular complexity index is 582. The van der Waals surface area contributed by atoms with Crippen molar-refractivity contribution < 1.29 is 9.13 Å². The van der Waals surface area contributed by atoms with Crippen LogP contribution in [0.2, 0.25) is 0 Å². The Morgan fingerprint density at radius 2 is 2.00 bits per heavy atom. The number of fused-ring (bicyclic) bond motifs is 1. The van der Waals surface area contributed by atoms with E-state index >= 15 is 0 Å². The summed E-state index contributed by atoms with van der Waals surface area (Å²) in [7, 11) is 0. The molecule has 3 heteroatoms. The molecule has 0 bridgehead atoms. The van der Waals surface area contributed by atoms with Gasteiger partial charge in [0.05, 0.1) is 12.2 Å². The predicted octanol–water partition coefficient (Wildman–Crippen LogP) is 3.68. The Hall–Kier alpha value is -2.03. The molecule has 0 radical (unpaired) electrons. The standard InChI is InChI=1S/C15H14FNO/c1-10-5-4-8-13-15(10)18-14(9-17-13)11-6-2-3-7-12(11)16/h2-8,14,17H,9H2,1H3. The molecule has 2 nitrogen and oxygen atoms in total. The van der Waals surface area contributed by atoms with E-state index in [0.717, 1.165) is 17.0 Å². The molecule has 1 atom stereocenters. The van der Waals surface area contributed by atoms with Gasteiger partial charge in [0, 0.05) is 5.56 Å². The number of rotatable bonds is 1. The highest BCUT2D eigenvalue weighted by Gasteiger charge is 2.23. The van der Waals surface area contributed by atoms with Crippen molar-refractivity contribution in [3.63, 3.8) is 0 Å². The van der Waals surface area contributed by atoms with Crippen LogP contribution >= 0.6 is 0 Å². The molecule has 1 unspecified atom stereocenters. The second kappa shape index (κ2) is 4.33. The van der Waals surface area contributed by atoms with E-state index in [4.69, 9.17) is 4.74 Å². The van der Waals surface area contributed by atoms with E-state index in [0.29, 0.717) is 12.1 Å². The topological polar surface area (TPSA) is 21.3 Å². The minimum absolute atomic E-state index is 0.221. The average molecular weight is 243 g/mol. The molecule has 1 heterocycles. The van der Waals surface area contributed by atoms with Gasteiger partial charge in [-0.2, -0.15) is 0 Å². The highest BCUT2D eigenvalue weighted by molar-refractivity contribution is 5.61. The molecule has 1 aliphatic rings. The summed E-state index contributed by atoms with van der Waals surface area (Å²) in [6.45, 7) is 2.57. The number of hydrogen-bond acceptors (Lipinski definition) is 2. The Labute approximate surface area is 105 Å². The first-order chi connectivity index (χ1) is 8.75. The van der Waals surface area contributed by atoms with Crippen LogP contribution in [-0.2, 0) is 0 Å². The van der Waals surface area contributed by atoms with Crippen LogP contribution in [0.3, 0.4) is 0 Å². The second-order valence-electron chi connectivity index (χ2n) is 4.46. The molecule has 3 rings (SSSR count). The van der Waals surface area contributed by atoms with Crippen LogP contribution < -0.4 is 10.1 Å². The van der Waals surface area contributed by atoms with Crippen LogP contribution in [0.25, 0.3) is 0 Å². The van der Waals surface area contributed by atoms with Gasteiger partial charge < -0.3 is 10.1 Å². The zero-order valence-electron chi connectivity index (χ0n) is 10.1. The molecule has 18 heavy (non-hydrogen) atoms. The minimum Gasteiger partial charge on any atom is -0.481 e. The fourth-order valence-electron chi connectivity index (χ4n) is 2.24. The molecule has 1 N–H and O–H groups in total. The summed E-state index contributed by atoms with van der Waals surface area (Å²) in [5, 5.41) is 3.29. The van der Waals surface area contributed by atoms with Gasteiger partial charge in [0.15, 0.2) is 0 Å². The fourth-order valence-corrected chi connectivity index (χ4v) is 2.24. The van der Waals surface area contributed by atoms with Crippen molar-refractivity contribution in [2.75, 3.05) is 11.9 Å². The zero-order chi connectivity index (χ0) is 12.5. The molecule has 0 spiro atoms. The summed E-state index contributed by atoms with van der Waals surface area (Å²) in [6, 6.07) is 12.7. The van der Waals surface area contributed by atoms with Crippen molar-refractivity contribution in [1.82, 2.24) is 0 Å².